The van der Waals surface area contributed by atoms with Crippen LogP contribution in [0.2, 0.25) is 0 Å². The highest BCUT2D eigenvalue weighted by Gasteiger charge is 1.85. The number of H-pyrrole nitrogens is 1. The van der Waals surface area contributed by atoms with Crippen molar-refractivity contribution in [2.75, 3.05) is 0 Å². The lowest BCUT2D eigenvalue weighted by Crippen LogP contribution is -2.05. The van der Waals surface area contributed by atoms with Crippen molar-refractivity contribution in [1.29, 1.82) is 0 Å². The van der Waals surface area contributed by atoms with E-state index in [2.05, 4.69) is 4.98 Å². The number of halogens is 1. The number of aromatic amines is 1. The number of nitrogens with one attached hydrogen (secondary N) is 1. The summed E-state index contributed by atoms with van der Waals surface area (Å²) in [7, 11) is 0. The summed E-state index contributed by atoms with van der Waals surface area (Å²) in [6.45, 7) is 0.385. The van der Waals surface area contributed by atoms with Gasteiger partial charge in [-0.3, -0.25) is 4.79 Å². The van der Waals surface area contributed by atoms with Crippen LogP contribution in [0.4, 0.5) is 0 Å². The summed E-state index contributed by atoms with van der Waals surface area (Å²) in [6, 6.07) is 2.94. The molecule has 0 atom stereocenters. The van der Waals surface area contributed by atoms with E-state index in [1.807, 2.05) is 0 Å². The maximum atomic E-state index is 10.6. The zero-order valence-electron chi connectivity index (χ0n) is 5.33. The van der Waals surface area contributed by atoms with Crippen LogP contribution in [0.1, 0.15) is 5.69 Å². The first-order valence-electron chi connectivity index (χ1n) is 2.70. The first-order chi connectivity index (χ1) is 4.33. The Hall–Kier alpha value is -0.800. The van der Waals surface area contributed by atoms with Crippen LogP contribution in [-0.4, -0.2) is 4.98 Å². The zero-order valence-corrected chi connectivity index (χ0v) is 6.15. The molecule has 0 fully saturated rings. The quantitative estimate of drug-likeness (QED) is 0.619. The van der Waals surface area contributed by atoms with Crippen LogP contribution in [0, 0.1) is 0 Å². The molecule has 4 heteroatoms. The Morgan fingerprint density at radius 3 is 2.70 bits per heavy atom. The van der Waals surface area contributed by atoms with Crippen LogP contribution in [0.25, 0.3) is 0 Å². The third kappa shape index (κ3) is 2.21. The Labute approximate surface area is 64.7 Å². The van der Waals surface area contributed by atoms with Crippen molar-refractivity contribution in [2.45, 2.75) is 6.54 Å². The average Bonchev–Trinajstić information content (AvgIpc) is 1.88. The number of hydrogen-bond donors (Lipinski definition) is 2. The topological polar surface area (TPSA) is 58.9 Å². The molecule has 0 unspecified atom stereocenters. The van der Waals surface area contributed by atoms with E-state index in [-0.39, 0.29) is 17.8 Å². The summed E-state index contributed by atoms with van der Waals surface area (Å²) in [5.41, 5.74) is 6.01. The summed E-state index contributed by atoms with van der Waals surface area (Å²) in [6.07, 6.45) is 1.59. The minimum absolute atomic E-state index is 0. The fourth-order valence-corrected chi connectivity index (χ4v) is 0.610. The second kappa shape index (κ2) is 4.09. The minimum atomic E-state index is -0.00537. The van der Waals surface area contributed by atoms with Crippen molar-refractivity contribution >= 4 is 12.4 Å². The molecule has 0 radical (unpaired) electrons. The van der Waals surface area contributed by atoms with Gasteiger partial charge in [-0.1, -0.05) is 0 Å². The van der Waals surface area contributed by atoms with E-state index >= 15 is 0 Å². The van der Waals surface area contributed by atoms with Crippen molar-refractivity contribution in [3.63, 3.8) is 0 Å². The molecule has 0 aliphatic heterocycles. The first-order valence-corrected chi connectivity index (χ1v) is 2.70. The Morgan fingerprint density at radius 1 is 1.60 bits per heavy atom. The molecule has 0 bridgehead atoms. The second-order valence-electron chi connectivity index (χ2n) is 1.75. The fraction of sp³-hybridized carbons (Fsp3) is 0.167. The van der Waals surface area contributed by atoms with Crippen LogP contribution in [-0.2, 0) is 6.54 Å². The lowest BCUT2D eigenvalue weighted by atomic mass is 10.3. The monoisotopic (exact) mass is 160 g/mol. The van der Waals surface area contributed by atoms with E-state index in [9.17, 15) is 4.79 Å². The van der Waals surface area contributed by atoms with Crippen LogP contribution in [0.15, 0.2) is 23.1 Å². The standard InChI is InChI=1S/C6H8N2O.ClH/c7-4-5-3-6(9)1-2-8-5;/h1-3H,4,7H2,(H,8,9);1H. The summed E-state index contributed by atoms with van der Waals surface area (Å²) in [5.74, 6) is 0. The number of nitrogens with two attached hydrogens (primary N) is 1. The highest BCUT2D eigenvalue weighted by atomic mass is 35.5. The van der Waals surface area contributed by atoms with Crippen LogP contribution in [0.5, 0.6) is 0 Å². The summed E-state index contributed by atoms with van der Waals surface area (Å²) in [5, 5.41) is 0. The summed E-state index contributed by atoms with van der Waals surface area (Å²) >= 11 is 0. The maximum absolute atomic E-state index is 10.6. The molecule has 1 heterocycles. The molecule has 3 N–H and O–H groups in total. The van der Waals surface area contributed by atoms with Gasteiger partial charge in [-0.05, 0) is 0 Å². The van der Waals surface area contributed by atoms with Crippen LogP contribution in [0.3, 0.4) is 0 Å². The van der Waals surface area contributed by atoms with E-state index in [0.29, 0.717) is 6.54 Å². The molecule has 0 spiro atoms. The zero-order chi connectivity index (χ0) is 6.69. The van der Waals surface area contributed by atoms with Crippen LogP contribution < -0.4 is 11.2 Å². The predicted octanol–water partition coefficient (Wildman–Crippen LogP) is 0.255. The summed E-state index contributed by atoms with van der Waals surface area (Å²) < 4.78 is 0. The molecule has 0 saturated heterocycles. The molecule has 0 aliphatic carbocycles. The summed E-state index contributed by atoms with van der Waals surface area (Å²) in [4.78, 5) is 13.4. The van der Waals surface area contributed by atoms with Gasteiger partial charge >= 0.3 is 0 Å². The van der Waals surface area contributed by atoms with Gasteiger partial charge < -0.3 is 10.7 Å². The molecule has 3 nitrogen and oxygen atoms in total. The third-order valence-corrected chi connectivity index (χ3v) is 1.05. The van der Waals surface area contributed by atoms with Gasteiger partial charge in [-0.15, -0.1) is 12.4 Å². The number of rotatable bonds is 1. The Bertz CT molecular complexity index is 246. The Morgan fingerprint density at radius 2 is 2.30 bits per heavy atom. The van der Waals surface area contributed by atoms with E-state index in [1.54, 1.807) is 6.20 Å². The Kier molecular flexibility index (Phi) is 3.76. The molecule has 1 aromatic rings. The normalized spacial score (nSPS) is 8.50. The van der Waals surface area contributed by atoms with Crippen molar-refractivity contribution in [1.82, 2.24) is 4.98 Å². The van der Waals surface area contributed by atoms with Crippen molar-refractivity contribution in [3.8, 4) is 0 Å². The van der Waals surface area contributed by atoms with Gasteiger partial charge in [0.25, 0.3) is 0 Å². The lowest BCUT2D eigenvalue weighted by molar-refractivity contribution is 0.985. The number of hydrogen-bond acceptors (Lipinski definition) is 2. The Balaban J connectivity index is 0.000000810. The molecule has 0 aliphatic rings. The number of aromatic nitrogens is 1. The highest BCUT2D eigenvalue weighted by molar-refractivity contribution is 5.85. The molecule has 0 saturated carbocycles. The smallest absolute Gasteiger partial charge is 0.181 e. The molecule has 10 heavy (non-hydrogen) atoms. The van der Waals surface area contributed by atoms with E-state index in [1.165, 1.54) is 12.1 Å². The van der Waals surface area contributed by atoms with Gasteiger partial charge in [0.05, 0.1) is 0 Å². The third-order valence-electron chi connectivity index (χ3n) is 1.05. The van der Waals surface area contributed by atoms with E-state index in [4.69, 9.17) is 5.73 Å². The van der Waals surface area contributed by atoms with Gasteiger partial charge in [0.15, 0.2) is 5.43 Å². The molecular formula is C6H9ClN2O. The van der Waals surface area contributed by atoms with Crippen molar-refractivity contribution in [3.05, 3.63) is 34.2 Å². The van der Waals surface area contributed by atoms with Gasteiger partial charge in [0.1, 0.15) is 0 Å². The van der Waals surface area contributed by atoms with Gasteiger partial charge in [-0.2, -0.15) is 0 Å². The minimum Gasteiger partial charge on any atom is -0.364 e. The fourth-order valence-electron chi connectivity index (χ4n) is 0.610. The largest absolute Gasteiger partial charge is 0.364 e. The average molecular weight is 161 g/mol. The molecule has 1 rings (SSSR count). The molecule has 0 aromatic carbocycles. The van der Waals surface area contributed by atoms with Crippen LogP contribution >= 0.6 is 12.4 Å². The number of pyridine rings is 1. The first kappa shape index (κ1) is 9.20. The van der Waals surface area contributed by atoms with Crippen molar-refractivity contribution in [2.24, 2.45) is 5.73 Å². The van der Waals surface area contributed by atoms with Crippen molar-refractivity contribution < 1.29 is 0 Å². The highest BCUT2D eigenvalue weighted by Crippen LogP contribution is 1.82. The van der Waals surface area contributed by atoms with Gasteiger partial charge in [0, 0.05) is 30.6 Å². The predicted molar refractivity (Wildman–Crippen MR) is 42.2 cm³/mol. The molecule has 56 valence electrons. The second-order valence-corrected chi connectivity index (χ2v) is 1.75. The molecule has 0 amide bonds. The lowest BCUT2D eigenvalue weighted by Gasteiger charge is -1.91. The van der Waals surface area contributed by atoms with Gasteiger partial charge in [0.2, 0.25) is 0 Å². The van der Waals surface area contributed by atoms with Gasteiger partial charge in [-0.25, -0.2) is 0 Å². The van der Waals surface area contributed by atoms with E-state index < -0.39 is 0 Å². The molecule has 1 aromatic heterocycles. The molecular weight excluding hydrogens is 152 g/mol. The maximum Gasteiger partial charge on any atom is 0.181 e. The SMILES string of the molecule is Cl.NCc1cc(=O)cc[nH]1. The van der Waals surface area contributed by atoms with E-state index in [0.717, 1.165) is 5.69 Å².